The Morgan fingerprint density at radius 3 is 2.89 bits per heavy atom. The topological polar surface area (TPSA) is 29.5 Å². The van der Waals surface area contributed by atoms with Crippen LogP contribution in [-0.4, -0.2) is 24.4 Å². The van der Waals surface area contributed by atoms with Gasteiger partial charge in [0, 0.05) is 13.2 Å². The Bertz CT molecular complexity index is 83.0. The first-order valence-corrected chi connectivity index (χ1v) is 3.57. The maximum absolute atomic E-state index is 8.59. The van der Waals surface area contributed by atoms with Gasteiger partial charge < -0.3 is 9.84 Å². The van der Waals surface area contributed by atoms with Crippen molar-refractivity contribution < 1.29 is 9.84 Å². The summed E-state index contributed by atoms with van der Waals surface area (Å²) in [6, 6.07) is 0. The average molecular weight is 130 g/mol. The molecule has 0 aromatic heterocycles. The van der Waals surface area contributed by atoms with Crippen molar-refractivity contribution in [1.29, 1.82) is 0 Å². The van der Waals surface area contributed by atoms with Crippen molar-refractivity contribution >= 4 is 0 Å². The molecule has 1 rings (SSSR count). The van der Waals surface area contributed by atoms with Gasteiger partial charge in [-0.15, -0.1) is 0 Å². The van der Waals surface area contributed by atoms with Crippen molar-refractivity contribution in [3.8, 4) is 0 Å². The molecular weight excluding hydrogens is 116 g/mol. The Kier molecular flexibility index (Phi) is 2.49. The molecule has 2 heteroatoms. The molecule has 0 aromatic rings. The Morgan fingerprint density at radius 1 is 1.67 bits per heavy atom. The molecule has 54 valence electrons. The van der Waals surface area contributed by atoms with Gasteiger partial charge in [0.1, 0.15) is 0 Å². The van der Waals surface area contributed by atoms with E-state index >= 15 is 0 Å². The summed E-state index contributed by atoms with van der Waals surface area (Å²) in [5.74, 6) is 0.606. The van der Waals surface area contributed by atoms with E-state index in [0.29, 0.717) is 18.6 Å². The van der Waals surface area contributed by atoms with Gasteiger partial charge >= 0.3 is 0 Å². The highest BCUT2D eigenvalue weighted by Gasteiger charge is 2.22. The van der Waals surface area contributed by atoms with E-state index in [9.17, 15) is 0 Å². The predicted molar refractivity (Wildman–Crippen MR) is 35.2 cm³/mol. The van der Waals surface area contributed by atoms with E-state index in [0.717, 1.165) is 19.4 Å². The maximum Gasteiger partial charge on any atom is 0.0576 e. The van der Waals surface area contributed by atoms with E-state index in [-0.39, 0.29) is 0 Å². The van der Waals surface area contributed by atoms with E-state index < -0.39 is 0 Å². The SMILES string of the molecule is CC1OCCC1CCO. The van der Waals surface area contributed by atoms with Crippen LogP contribution in [-0.2, 0) is 4.74 Å². The zero-order valence-corrected chi connectivity index (χ0v) is 5.84. The highest BCUT2D eigenvalue weighted by Crippen LogP contribution is 2.22. The molecule has 2 atom stereocenters. The van der Waals surface area contributed by atoms with Crippen molar-refractivity contribution in [3.05, 3.63) is 0 Å². The number of hydrogen-bond acceptors (Lipinski definition) is 2. The molecule has 1 fully saturated rings. The Hall–Kier alpha value is -0.0800. The van der Waals surface area contributed by atoms with Crippen LogP contribution < -0.4 is 0 Å². The molecule has 0 amide bonds. The second-order valence-electron chi connectivity index (χ2n) is 2.64. The van der Waals surface area contributed by atoms with Crippen LogP contribution in [0, 0.1) is 5.92 Å². The van der Waals surface area contributed by atoms with E-state index in [1.807, 2.05) is 0 Å². The quantitative estimate of drug-likeness (QED) is 0.599. The zero-order valence-electron chi connectivity index (χ0n) is 5.84. The van der Waals surface area contributed by atoms with E-state index in [1.54, 1.807) is 0 Å². The summed E-state index contributed by atoms with van der Waals surface area (Å²) in [5.41, 5.74) is 0. The van der Waals surface area contributed by atoms with Gasteiger partial charge in [-0.25, -0.2) is 0 Å². The van der Waals surface area contributed by atoms with Crippen LogP contribution >= 0.6 is 0 Å². The van der Waals surface area contributed by atoms with Crippen LogP contribution in [0.2, 0.25) is 0 Å². The van der Waals surface area contributed by atoms with Gasteiger partial charge in [0.25, 0.3) is 0 Å². The van der Waals surface area contributed by atoms with E-state index in [1.165, 1.54) is 0 Å². The van der Waals surface area contributed by atoms with Crippen molar-refractivity contribution in [2.45, 2.75) is 25.9 Å². The molecule has 1 aliphatic rings. The number of ether oxygens (including phenoxy) is 1. The van der Waals surface area contributed by atoms with Crippen LogP contribution in [0.25, 0.3) is 0 Å². The lowest BCUT2D eigenvalue weighted by atomic mass is 10.00. The molecule has 0 saturated carbocycles. The summed E-state index contributed by atoms with van der Waals surface area (Å²) in [5, 5.41) is 8.59. The fourth-order valence-corrected chi connectivity index (χ4v) is 1.32. The van der Waals surface area contributed by atoms with Gasteiger partial charge in [-0.1, -0.05) is 0 Å². The van der Waals surface area contributed by atoms with Crippen molar-refractivity contribution in [1.82, 2.24) is 0 Å². The van der Waals surface area contributed by atoms with Gasteiger partial charge in [0.05, 0.1) is 6.10 Å². The molecule has 2 unspecified atom stereocenters. The minimum Gasteiger partial charge on any atom is -0.396 e. The Labute approximate surface area is 55.8 Å². The van der Waals surface area contributed by atoms with Crippen molar-refractivity contribution in [2.75, 3.05) is 13.2 Å². The van der Waals surface area contributed by atoms with Crippen molar-refractivity contribution in [3.63, 3.8) is 0 Å². The normalized spacial score (nSPS) is 35.3. The second-order valence-corrected chi connectivity index (χ2v) is 2.64. The molecule has 0 aliphatic carbocycles. The van der Waals surface area contributed by atoms with Crippen LogP contribution in [0.4, 0.5) is 0 Å². The van der Waals surface area contributed by atoms with Gasteiger partial charge in [0.2, 0.25) is 0 Å². The highest BCUT2D eigenvalue weighted by molar-refractivity contribution is 4.71. The first-order valence-electron chi connectivity index (χ1n) is 3.57. The molecule has 0 aromatic carbocycles. The first kappa shape index (κ1) is 7.03. The summed E-state index contributed by atoms with van der Waals surface area (Å²) in [6.07, 6.45) is 2.40. The molecular formula is C7H14O2. The highest BCUT2D eigenvalue weighted by atomic mass is 16.5. The third-order valence-electron chi connectivity index (χ3n) is 2.03. The standard InChI is InChI=1S/C7H14O2/c1-6-7(2-4-8)3-5-9-6/h6-8H,2-5H2,1H3. The lowest BCUT2D eigenvalue weighted by Crippen LogP contribution is -2.12. The molecule has 2 nitrogen and oxygen atoms in total. The molecule has 1 N–H and O–H groups in total. The van der Waals surface area contributed by atoms with Crippen LogP contribution in [0.15, 0.2) is 0 Å². The van der Waals surface area contributed by atoms with Gasteiger partial charge in [0.15, 0.2) is 0 Å². The summed E-state index contributed by atoms with van der Waals surface area (Å²) < 4.78 is 5.31. The van der Waals surface area contributed by atoms with Crippen LogP contribution in [0.3, 0.4) is 0 Å². The first-order chi connectivity index (χ1) is 4.34. The molecule has 0 spiro atoms. The van der Waals surface area contributed by atoms with Gasteiger partial charge in [-0.2, -0.15) is 0 Å². The molecule has 1 aliphatic heterocycles. The molecule has 1 heterocycles. The van der Waals surface area contributed by atoms with Crippen LogP contribution in [0.1, 0.15) is 19.8 Å². The molecule has 0 bridgehead atoms. The predicted octanol–water partition coefficient (Wildman–Crippen LogP) is 0.794. The monoisotopic (exact) mass is 130 g/mol. The summed E-state index contributed by atoms with van der Waals surface area (Å²) in [7, 11) is 0. The van der Waals surface area contributed by atoms with E-state index in [2.05, 4.69) is 6.92 Å². The Morgan fingerprint density at radius 2 is 2.44 bits per heavy atom. The third-order valence-corrected chi connectivity index (χ3v) is 2.03. The Balaban J connectivity index is 2.22. The zero-order chi connectivity index (χ0) is 6.69. The third kappa shape index (κ3) is 1.66. The number of rotatable bonds is 2. The maximum atomic E-state index is 8.59. The van der Waals surface area contributed by atoms with Gasteiger partial charge in [-0.3, -0.25) is 0 Å². The smallest absolute Gasteiger partial charge is 0.0576 e. The number of aliphatic hydroxyl groups is 1. The lowest BCUT2D eigenvalue weighted by molar-refractivity contribution is 0.0979. The second kappa shape index (κ2) is 3.18. The lowest BCUT2D eigenvalue weighted by Gasteiger charge is -2.10. The number of aliphatic hydroxyl groups excluding tert-OH is 1. The fraction of sp³-hybridized carbons (Fsp3) is 1.00. The van der Waals surface area contributed by atoms with Gasteiger partial charge in [-0.05, 0) is 25.7 Å². The number of hydrogen-bond donors (Lipinski definition) is 1. The summed E-state index contributed by atoms with van der Waals surface area (Å²) >= 11 is 0. The largest absolute Gasteiger partial charge is 0.396 e. The average Bonchev–Trinajstić information content (AvgIpc) is 2.18. The molecule has 0 radical (unpaired) electrons. The minimum atomic E-state index is 0.304. The van der Waals surface area contributed by atoms with Crippen molar-refractivity contribution in [2.24, 2.45) is 5.92 Å². The molecule has 9 heavy (non-hydrogen) atoms. The van der Waals surface area contributed by atoms with E-state index in [4.69, 9.17) is 9.84 Å². The summed E-state index contributed by atoms with van der Waals surface area (Å²) in [6.45, 7) is 3.26. The molecule has 1 saturated heterocycles. The minimum absolute atomic E-state index is 0.304. The fourth-order valence-electron chi connectivity index (χ4n) is 1.32. The summed E-state index contributed by atoms with van der Waals surface area (Å²) in [4.78, 5) is 0. The van der Waals surface area contributed by atoms with Crippen LogP contribution in [0.5, 0.6) is 0 Å².